The SMILES string of the molecule is CCn1nc(C)c(Cl)c1CC(N)Cc1cccc(C)c1. The topological polar surface area (TPSA) is 43.8 Å². The van der Waals surface area contributed by atoms with E-state index in [2.05, 4.69) is 43.2 Å². The number of nitrogens with two attached hydrogens (primary N) is 1. The number of hydrogen-bond donors (Lipinski definition) is 1. The fraction of sp³-hybridized carbons (Fsp3) is 0.438. The Morgan fingerprint density at radius 1 is 1.30 bits per heavy atom. The maximum absolute atomic E-state index is 6.33. The second kappa shape index (κ2) is 6.42. The zero-order valence-electron chi connectivity index (χ0n) is 12.4. The lowest BCUT2D eigenvalue weighted by Crippen LogP contribution is -2.27. The number of aromatic nitrogens is 2. The molecule has 4 heteroatoms. The van der Waals surface area contributed by atoms with Crippen molar-refractivity contribution in [3.63, 3.8) is 0 Å². The standard InChI is InChI=1S/C16H22ClN3/c1-4-20-15(16(17)12(3)19-20)10-14(18)9-13-7-5-6-11(2)8-13/h5-8,14H,4,9-10,18H2,1-3H3. The van der Waals surface area contributed by atoms with Crippen molar-refractivity contribution in [3.8, 4) is 0 Å². The number of nitrogens with zero attached hydrogens (tertiary/aromatic N) is 2. The summed E-state index contributed by atoms with van der Waals surface area (Å²) in [5, 5.41) is 5.19. The molecule has 108 valence electrons. The zero-order valence-corrected chi connectivity index (χ0v) is 13.1. The van der Waals surface area contributed by atoms with Gasteiger partial charge < -0.3 is 5.73 Å². The fourth-order valence-electron chi connectivity index (χ4n) is 2.53. The minimum Gasteiger partial charge on any atom is -0.327 e. The smallest absolute Gasteiger partial charge is 0.0847 e. The van der Waals surface area contributed by atoms with E-state index >= 15 is 0 Å². The third-order valence-corrected chi connectivity index (χ3v) is 3.98. The van der Waals surface area contributed by atoms with Crippen LogP contribution in [0, 0.1) is 13.8 Å². The first-order valence-corrected chi connectivity index (χ1v) is 7.42. The van der Waals surface area contributed by atoms with Crippen molar-refractivity contribution in [2.24, 2.45) is 5.73 Å². The van der Waals surface area contributed by atoms with Gasteiger partial charge in [-0.25, -0.2) is 0 Å². The molecular weight excluding hydrogens is 270 g/mol. The molecule has 0 saturated carbocycles. The minimum atomic E-state index is 0.0516. The highest BCUT2D eigenvalue weighted by Crippen LogP contribution is 2.22. The molecule has 0 aliphatic rings. The predicted octanol–water partition coefficient (Wildman–Crippen LogP) is 3.29. The molecule has 1 aromatic heterocycles. The Hall–Kier alpha value is -1.32. The predicted molar refractivity (Wildman–Crippen MR) is 84.2 cm³/mol. The van der Waals surface area contributed by atoms with E-state index in [0.717, 1.165) is 35.8 Å². The Kier molecular flexibility index (Phi) is 4.84. The van der Waals surface area contributed by atoms with E-state index in [4.69, 9.17) is 17.3 Å². The van der Waals surface area contributed by atoms with Crippen LogP contribution in [0.3, 0.4) is 0 Å². The molecule has 2 aromatic rings. The lowest BCUT2D eigenvalue weighted by atomic mass is 10.0. The van der Waals surface area contributed by atoms with Crippen LogP contribution in [0.25, 0.3) is 0 Å². The summed E-state index contributed by atoms with van der Waals surface area (Å²) in [5.74, 6) is 0. The Bertz CT molecular complexity index is 589. The molecule has 0 radical (unpaired) electrons. The summed E-state index contributed by atoms with van der Waals surface area (Å²) in [6, 6.07) is 8.53. The van der Waals surface area contributed by atoms with Gasteiger partial charge in [0.05, 0.1) is 16.4 Å². The third-order valence-electron chi connectivity index (χ3n) is 3.49. The van der Waals surface area contributed by atoms with Crippen molar-refractivity contribution >= 4 is 11.6 Å². The monoisotopic (exact) mass is 291 g/mol. The minimum absolute atomic E-state index is 0.0516. The van der Waals surface area contributed by atoms with E-state index in [-0.39, 0.29) is 6.04 Å². The summed E-state index contributed by atoms with van der Waals surface area (Å²) in [5.41, 5.74) is 10.8. The molecule has 3 nitrogen and oxygen atoms in total. The second-order valence-corrected chi connectivity index (χ2v) is 5.70. The molecule has 2 N–H and O–H groups in total. The van der Waals surface area contributed by atoms with Gasteiger partial charge in [-0.15, -0.1) is 0 Å². The number of benzene rings is 1. The lowest BCUT2D eigenvalue weighted by molar-refractivity contribution is 0.574. The molecule has 0 spiro atoms. The molecule has 0 fully saturated rings. The van der Waals surface area contributed by atoms with E-state index < -0.39 is 0 Å². The van der Waals surface area contributed by atoms with Crippen molar-refractivity contribution in [1.29, 1.82) is 0 Å². The number of rotatable bonds is 5. The van der Waals surface area contributed by atoms with Gasteiger partial charge in [0.15, 0.2) is 0 Å². The lowest BCUT2D eigenvalue weighted by Gasteiger charge is -2.13. The Labute approximate surface area is 125 Å². The van der Waals surface area contributed by atoms with Crippen molar-refractivity contribution < 1.29 is 0 Å². The van der Waals surface area contributed by atoms with Gasteiger partial charge in [-0.2, -0.15) is 5.10 Å². The first-order valence-electron chi connectivity index (χ1n) is 7.04. The summed E-state index contributed by atoms with van der Waals surface area (Å²) in [4.78, 5) is 0. The Morgan fingerprint density at radius 3 is 2.70 bits per heavy atom. The van der Waals surface area contributed by atoms with E-state index in [1.165, 1.54) is 11.1 Å². The molecule has 0 saturated heterocycles. The maximum Gasteiger partial charge on any atom is 0.0847 e. The van der Waals surface area contributed by atoms with Crippen LogP contribution in [-0.4, -0.2) is 15.8 Å². The van der Waals surface area contributed by atoms with Gasteiger partial charge in [0.2, 0.25) is 0 Å². The van der Waals surface area contributed by atoms with E-state index in [1.807, 2.05) is 11.6 Å². The van der Waals surface area contributed by atoms with Crippen molar-refractivity contribution in [1.82, 2.24) is 9.78 Å². The molecule has 20 heavy (non-hydrogen) atoms. The van der Waals surface area contributed by atoms with Crippen LogP contribution in [0.4, 0.5) is 0 Å². The van der Waals surface area contributed by atoms with Gasteiger partial charge >= 0.3 is 0 Å². The first kappa shape index (κ1) is 15.1. The zero-order chi connectivity index (χ0) is 14.7. The van der Waals surface area contributed by atoms with E-state index in [0.29, 0.717) is 0 Å². The summed E-state index contributed by atoms with van der Waals surface area (Å²) in [6.45, 7) is 6.92. The summed E-state index contributed by atoms with van der Waals surface area (Å²) < 4.78 is 1.95. The van der Waals surface area contributed by atoms with Gasteiger partial charge in [0.25, 0.3) is 0 Å². The molecule has 1 heterocycles. The third kappa shape index (κ3) is 3.41. The quantitative estimate of drug-likeness (QED) is 0.919. The molecule has 1 aromatic carbocycles. The number of aryl methyl sites for hydroxylation is 3. The average molecular weight is 292 g/mol. The van der Waals surface area contributed by atoms with Crippen LogP contribution in [0.1, 0.15) is 29.4 Å². The highest BCUT2D eigenvalue weighted by atomic mass is 35.5. The molecule has 0 aliphatic carbocycles. The van der Waals surface area contributed by atoms with Gasteiger partial charge in [0, 0.05) is 19.0 Å². The van der Waals surface area contributed by atoms with Crippen LogP contribution < -0.4 is 5.73 Å². The summed E-state index contributed by atoms with van der Waals surface area (Å²) >= 11 is 6.33. The summed E-state index contributed by atoms with van der Waals surface area (Å²) in [7, 11) is 0. The van der Waals surface area contributed by atoms with E-state index in [9.17, 15) is 0 Å². The van der Waals surface area contributed by atoms with E-state index in [1.54, 1.807) is 0 Å². The van der Waals surface area contributed by atoms with Crippen LogP contribution in [0.15, 0.2) is 24.3 Å². The second-order valence-electron chi connectivity index (χ2n) is 5.32. The highest BCUT2D eigenvalue weighted by Gasteiger charge is 2.16. The van der Waals surface area contributed by atoms with Crippen LogP contribution in [0.5, 0.6) is 0 Å². The molecule has 1 atom stereocenters. The van der Waals surface area contributed by atoms with Gasteiger partial charge in [-0.05, 0) is 32.8 Å². The largest absolute Gasteiger partial charge is 0.327 e. The first-order chi connectivity index (χ1) is 9.51. The Balaban J connectivity index is 2.10. The van der Waals surface area contributed by atoms with Crippen LogP contribution in [-0.2, 0) is 19.4 Å². The number of halogens is 1. The normalized spacial score (nSPS) is 12.7. The average Bonchev–Trinajstić information content (AvgIpc) is 2.66. The van der Waals surface area contributed by atoms with Gasteiger partial charge in [-0.1, -0.05) is 41.4 Å². The van der Waals surface area contributed by atoms with Crippen molar-refractivity contribution in [3.05, 3.63) is 51.8 Å². The molecule has 0 bridgehead atoms. The van der Waals surface area contributed by atoms with Crippen molar-refractivity contribution in [2.75, 3.05) is 0 Å². The van der Waals surface area contributed by atoms with Gasteiger partial charge in [-0.3, -0.25) is 4.68 Å². The molecule has 0 amide bonds. The summed E-state index contributed by atoms with van der Waals surface area (Å²) in [6.07, 6.45) is 1.60. The molecule has 2 rings (SSSR count). The fourth-order valence-corrected chi connectivity index (χ4v) is 2.74. The molecule has 1 unspecified atom stereocenters. The van der Waals surface area contributed by atoms with Crippen LogP contribution in [0.2, 0.25) is 5.02 Å². The maximum atomic E-state index is 6.33. The van der Waals surface area contributed by atoms with Gasteiger partial charge in [0.1, 0.15) is 0 Å². The molecular formula is C16H22ClN3. The highest BCUT2D eigenvalue weighted by molar-refractivity contribution is 6.31. The Morgan fingerprint density at radius 2 is 2.05 bits per heavy atom. The number of hydrogen-bond acceptors (Lipinski definition) is 2. The van der Waals surface area contributed by atoms with Crippen LogP contribution >= 0.6 is 11.6 Å². The molecule has 0 aliphatic heterocycles. The van der Waals surface area contributed by atoms with Crippen molar-refractivity contribution in [2.45, 2.75) is 46.2 Å².